The van der Waals surface area contributed by atoms with Crippen molar-refractivity contribution in [3.8, 4) is 0 Å². The molecule has 0 radical (unpaired) electrons. The Morgan fingerprint density at radius 1 is 1.15 bits per heavy atom. The summed E-state index contributed by atoms with van der Waals surface area (Å²) in [6.07, 6.45) is 0.935. The number of rotatable bonds is 6. The molecular weight excluding hydrogens is 279 g/mol. The molecule has 0 fully saturated rings. The van der Waals surface area contributed by atoms with Crippen LogP contribution in [-0.4, -0.2) is 22.4 Å². The molecule has 0 unspecified atom stereocenters. The first-order valence-electron chi connectivity index (χ1n) is 6.69. The van der Waals surface area contributed by atoms with Crippen molar-refractivity contribution in [2.75, 3.05) is 6.61 Å². The minimum Gasteiger partial charge on any atom is -0.462 e. The summed E-state index contributed by atoms with van der Waals surface area (Å²) in [6, 6.07) is 3.21. The van der Waals surface area contributed by atoms with Gasteiger partial charge in [0.2, 0.25) is 0 Å². The van der Waals surface area contributed by atoms with Crippen LogP contribution in [0.3, 0.4) is 0 Å². The van der Waals surface area contributed by atoms with Crippen LogP contribution in [0.4, 0.5) is 0 Å². The summed E-state index contributed by atoms with van der Waals surface area (Å²) < 4.78 is 16.2. The normalized spacial score (nSPS) is 11.4. The summed E-state index contributed by atoms with van der Waals surface area (Å²) in [4.78, 5) is 30.2. The molecule has 2 N–H and O–H groups in total. The molecule has 0 saturated carbocycles. The highest BCUT2D eigenvalue weighted by Gasteiger charge is 2.21. The predicted molar refractivity (Wildman–Crippen MR) is 76.9 cm³/mol. The fourth-order valence-corrected chi connectivity index (χ4v) is 3.10. The van der Waals surface area contributed by atoms with E-state index in [4.69, 9.17) is 14.5 Å². The van der Waals surface area contributed by atoms with Gasteiger partial charge in [0, 0.05) is 0 Å². The van der Waals surface area contributed by atoms with Crippen molar-refractivity contribution in [3.63, 3.8) is 0 Å². The standard InChI is InChI=1S/C14H21O5P/c1-4-11-10(9-20(16,17)18)7-8-13(12(11)5-2)14(15)19-6-3/h7-8H,4-6,9H2,1-3H3,(H2,16,17,18). The van der Waals surface area contributed by atoms with Crippen molar-refractivity contribution in [3.05, 3.63) is 34.4 Å². The molecule has 6 heteroatoms. The summed E-state index contributed by atoms with van der Waals surface area (Å²) in [7, 11) is -4.13. The highest BCUT2D eigenvalue weighted by atomic mass is 31.2. The van der Waals surface area contributed by atoms with Crippen molar-refractivity contribution in [2.24, 2.45) is 0 Å². The van der Waals surface area contributed by atoms with E-state index in [0.29, 0.717) is 30.6 Å². The van der Waals surface area contributed by atoms with Crippen LogP contribution in [-0.2, 0) is 28.3 Å². The van der Waals surface area contributed by atoms with Gasteiger partial charge in [-0.1, -0.05) is 19.9 Å². The SMILES string of the molecule is CCOC(=O)c1ccc(CP(=O)(O)O)c(CC)c1CC. The van der Waals surface area contributed by atoms with Gasteiger partial charge in [-0.15, -0.1) is 0 Å². The first-order chi connectivity index (χ1) is 9.34. The Morgan fingerprint density at radius 2 is 1.75 bits per heavy atom. The fourth-order valence-electron chi connectivity index (χ4n) is 2.36. The lowest BCUT2D eigenvalue weighted by molar-refractivity contribution is 0.0525. The van der Waals surface area contributed by atoms with E-state index in [1.807, 2.05) is 13.8 Å². The van der Waals surface area contributed by atoms with Gasteiger partial charge in [0.05, 0.1) is 18.3 Å². The van der Waals surface area contributed by atoms with Crippen LogP contribution >= 0.6 is 7.60 Å². The lowest BCUT2D eigenvalue weighted by Gasteiger charge is -2.16. The van der Waals surface area contributed by atoms with Gasteiger partial charge in [-0.25, -0.2) is 4.79 Å². The number of ether oxygens (including phenoxy) is 1. The molecule has 0 bridgehead atoms. The van der Waals surface area contributed by atoms with E-state index in [0.717, 1.165) is 11.1 Å². The molecule has 0 spiro atoms. The number of esters is 1. The summed E-state index contributed by atoms with van der Waals surface area (Å²) in [5.74, 6) is -0.387. The molecule has 0 atom stereocenters. The van der Waals surface area contributed by atoms with Gasteiger partial charge in [0.1, 0.15) is 0 Å². The summed E-state index contributed by atoms with van der Waals surface area (Å²) in [5.41, 5.74) is 2.74. The summed E-state index contributed by atoms with van der Waals surface area (Å²) in [6.45, 7) is 5.87. The molecule has 1 aromatic rings. The van der Waals surface area contributed by atoms with Gasteiger partial charge >= 0.3 is 13.6 Å². The first-order valence-corrected chi connectivity index (χ1v) is 8.49. The number of benzene rings is 1. The third-order valence-electron chi connectivity index (χ3n) is 3.11. The third-order valence-corrected chi connectivity index (χ3v) is 3.86. The van der Waals surface area contributed by atoms with E-state index in [2.05, 4.69) is 0 Å². The molecule has 0 aliphatic heterocycles. The lowest BCUT2D eigenvalue weighted by atomic mass is 9.93. The van der Waals surface area contributed by atoms with Gasteiger partial charge in [0.25, 0.3) is 0 Å². The van der Waals surface area contributed by atoms with Crippen molar-refractivity contribution in [2.45, 2.75) is 39.8 Å². The number of carbonyl (C=O) groups is 1. The van der Waals surface area contributed by atoms with Crippen LogP contribution in [0.15, 0.2) is 12.1 Å². The largest absolute Gasteiger partial charge is 0.462 e. The Bertz CT molecular complexity index is 533. The molecule has 0 saturated heterocycles. The summed E-state index contributed by atoms with van der Waals surface area (Å²) in [5, 5.41) is 0. The average molecular weight is 300 g/mol. The van der Waals surface area contributed by atoms with Crippen LogP contribution in [0.25, 0.3) is 0 Å². The Balaban J connectivity index is 3.33. The Hall–Kier alpha value is -1.16. The second kappa shape index (κ2) is 7.02. The molecule has 1 rings (SSSR count). The van der Waals surface area contributed by atoms with Crippen LogP contribution in [0.2, 0.25) is 0 Å². The maximum Gasteiger partial charge on any atom is 0.338 e. The minimum absolute atomic E-state index is 0.299. The molecule has 20 heavy (non-hydrogen) atoms. The highest BCUT2D eigenvalue weighted by Crippen LogP contribution is 2.40. The van der Waals surface area contributed by atoms with E-state index in [1.165, 1.54) is 0 Å². The molecule has 112 valence electrons. The minimum atomic E-state index is -4.13. The van der Waals surface area contributed by atoms with E-state index < -0.39 is 7.60 Å². The van der Waals surface area contributed by atoms with Crippen molar-refractivity contribution in [1.82, 2.24) is 0 Å². The number of hydrogen-bond donors (Lipinski definition) is 2. The van der Waals surface area contributed by atoms with Gasteiger partial charge in [0.15, 0.2) is 0 Å². The molecule has 0 aliphatic rings. The third kappa shape index (κ3) is 4.17. The monoisotopic (exact) mass is 300 g/mol. The van der Waals surface area contributed by atoms with Crippen molar-refractivity contribution in [1.29, 1.82) is 0 Å². The average Bonchev–Trinajstić information content (AvgIpc) is 2.36. The van der Waals surface area contributed by atoms with Crippen LogP contribution in [0.5, 0.6) is 0 Å². The first kappa shape index (κ1) is 16.9. The smallest absolute Gasteiger partial charge is 0.338 e. The maximum atomic E-state index is 11.9. The number of hydrogen-bond acceptors (Lipinski definition) is 3. The second-order valence-electron chi connectivity index (χ2n) is 4.48. The summed E-state index contributed by atoms with van der Waals surface area (Å²) >= 11 is 0. The Morgan fingerprint density at radius 3 is 2.20 bits per heavy atom. The topological polar surface area (TPSA) is 83.8 Å². The van der Waals surface area contributed by atoms with E-state index >= 15 is 0 Å². The van der Waals surface area contributed by atoms with Crippen molar-refractivity contribution < 1.29 is 23.9 Å². The predicted octanol–water partition coefficient (Wildman–Crippen LogP) is 2.67. The van der Waals surface area contributed by atoms with Gasteiger partial charge in [-0.2, -0.15) is 0 Å². The molecular formula is C14H21O5P. The van der Waals surface area contributed by atoms with Gasteiger partial charge in [-0.05, 0) is 42.5 Å². The van der Waals surface area contributed by atoms with Gasteiger partial charge in [-0.3, -0.25) is 4.57 Å². The van der Waals surface area contributed by atoms with E-state index in [9.17, 15) is 9.36 Å². The highest BCUT2D eigenvalue weighted by molar-refractivity contribution is 7.50. The maximum absolute atomic E-state index is 11.9. The molecule has 5 nitrogen and oxygen atoms in total. The van der Waals surface area contributed by atoms with Crippen LogP contribution in [0, 0.1) is 0 Å². The van der Waals surface area contributed by atoms with E-state index in [-0.39, 0.29) is 12.1 Å². The molecule has 0 amide bonds. The zero-order valence-electron chi connectivity index (χ0n) is 12.0. The molecule has 0 aromatic heterocycles. The van der Waals surface area contributed by atoms with Crippen LogP contribution < -0.4 is 0 Å². The van der Waals surface area contributed by atoms with Crippen molar-refractivity contribution >= 4 is 13.6 Å². The lowest BCUT2D eigenvalue weighted by Crippen LogP contribution is -2.11. The fraction of sp³-hybridized carbons (Fsp3) is 0.500. The molecule has 1 aromatic carbocycles. The second-order valence-corrected chi connectivity index (χ2v) is 6.13. The zero-order valence-corrected chi connectivity index (χ0v) is 12.9. The van der Waals surface area contributed by atoms with Gasteiger partial charge < -0.3 is 14.5 Å². The quantitative estimate of drug-likeness (QED) is 0.623. The van der Waals surface area contributed by atoms with E-state index in [1.54, 1.807) is 19.1 Å². The zero-order chi connectivity index (χ0) is 15.3. The molecule has 0 heterocycles. The number of carbonyl (C=O) groups excluding carboxylic acids is 1. The Kier molecular flexibility index (Phi) is 5.93. The Labute approximate surface area is 119 Å². The molecule has 0 aliphatic carbocycles. The van der Waals surface area contributed by atoms with Crippen LogP contribution in [0.1, 0.15) is 47.8 Å².